The first-order valence-corrected chi connectivity index (χ1v) is 7.97. The first kappa shape index (κ1) is 16.0. The van der Waals surface area contributed by atoms with Crippen molar-refractivity contribution >= 4 is 5.91 Å². The third-order valence-corrected chi connectivity index (χ3v) is 4.01. The highest BCUT2D eigenvalue weighted by Crippen LogP contribution is 2.09. The molecular formula is C17H27N3O. The quantitative estimate of drug-likeness (QED) is 0.837. The Hall–Kier alpha value is -1.39. The van der Waals surface area contributed by atoms with E-state index in [-0.39, 0.29) is 11.9 Å². The topological polar surface area (TPSA) is 58.4 Å². The standard InChI is InChI=1S/C17H27N3O/c1-14(13-20-9-3-2-4-10-20)19-17(21)11-15-5-7-16(12-18)8-6-15/h5-8,14H,2-4,9-13,18H2,1H3,(H,19,21). The Labute approximate surface area is 127 Å². The third kappa shape index (κ3) is 5.48. The van der Waals surface area contributed by atoms with Gasteiger partial charge in [0.2, 0.25) is 5.91 Å². The molecule has 4 nitrogen and oxygen atoms in total. The van der Waals surface area contributed by atoms with E-state index >= 15 is 0 Å². The lowest BCUT2D eigenvalue weighted by Gasteiger charge is -2.29. The van der Waals surface area contributed by atoms with Gasteiger partial charge in [-0.1, -0.05) is 30.7 Å². The summed E-state index contributed by atoms with van der Waals surface area (Å²) in [4.78, 5) is 14.5. The molecule has 0 aliphatic carbocycles. The van der Waals surface area contributed by atoms with Crippen molar-refractivity contribution in [3.8, 4) is 0 Å². The lowest BCUT2D eigenvalue weighted by atomic mass is 10.1. The summed E-state index contributed by atoms with van der Waals surface area (Å²) >= 11 is 0. The summed E-state index contributed by atoms with van der Waals surface area (Å²) in [7, 11) is 0. The predicted octanol–water partition coefficient (Wildman–Crippen LogP) is 1.68. The van der Waals surface area contributed by atoms with Gasteiger partial charge in [-0.3, -0.25) is 4.79 Å². The molecule has 1 aliphatic heterocycles. The van der Waals surface area contributed by atoms with Crippen LogP contribution in [0.25, 0.3) is 0 Å². The fourth-order valence-electron chi connectivity index (χ4n) is 2.88. The molecular weight excluding hydrogens is 262 g/mol. The Morgan fingerprint density at radius 2 is 1.81 bits per heavy atom. The minimum absolute atomic E-state index is 0.0972. The zero-order valence-electron chi connectivity index (χ0n) is 13.0. The highest BCUT2D eigenvalue weighted by molar-refractivity contribution is 5.78. The summed E-state index contributed by atoms with van der Waals surface area (Å²) in [5.74, 6) is 0.0972. The number of carbonyl (C=O) groups is 1. The smallest absolute Gasteiger partial charge is 0.224 e. The maximum atomic E-state index is 12.1. The Morgan fingerprint density at radius 3 is 2.43 bits per heavy atom. The van der Waals surface area contributed by atoms with E-state index in [0.29, 0.717) is 13.0 Å². The van der Waals surface area contributed by atoms with Crippen molar-refractivity contribution in [2.45, 2.75) is 45.2 Å². The molecule has 0 saturated carbocycles. The van der Waals surface area contributed by atoms with E-state index in [2.05, 4.69) is 17.1 Å². The minimum Gasteiger partial charge on any atom is -0.352 e. The molecule has 4 heteroatoms. The molecule has 1 fully saturated rings. The number of likely N-dealkylation sites (tertiary alicyclic amines) is 1. The van der Waals surface area contributed by atoms with Gasteiger partial charge in [0.25, 0.3) is 0 Å². The van der Waals surface area contributed by atoms with Gasteiger partial charge in [0, 0.05) is 19.1 Å². The maximum Gasteiger partial charge on any atom is 0.224 e. The molecule has 3 N–H and O–H groups in total. The van der Waals surface area contributed by atoms with Gasteiger partial charge < -0.3 is 16.0 Å². The van der Waals surface area contributed by atoms with Gasteiger partial charge in [0.15, 0.2) is 0 Å². The fourth-order valence-corrected chi connectivity index (χ4v) is 2.88. The van der Waals surface area contributed by atoms with Gasteiger partial charge >= 0.3 is 0 Å². The molecule has 0 bridgehead atoms. The summed E-state index contributed by atoms with van der Waals surface area (Å²) < 4.78 is 0. The van der Waals surface area contributed by atoms with E-state index in [0.717, 1.165) is 17.7 Å². The third-order valence-electron chi connectivity index (χ3n) is 4.01. The van der Waals surface area contributed by atoms with Crippen LogP contribution in [-0.4, -0.2) is 36.5 Å². The predicted molar refractivity (Wildman–Crippen MR) is 85.9 cm³/mol. The molecule has 1 aromatic rings. The first-order valence-electron chi connectivity index (χ1n) is 7.97. The number of nitrogens with two attached hydrogens (primary N) is 1. The second-order valence-corrected chi connectivity index (χ2v) is 6.03. The van der Waals surface area contributed by atoms with Crippen LogP contribution in [-0.2, 0) is 17.8 Å². The molecule has 1 amide bonds. The Balaban J connectivity index is 1.74. The molecule has 1 atom stereocenters. The van der Waals surface area contributed by atoms with Crippen molar-refractivity contribution in [1.82, 2.24) is 10.2 Å². The van der Waals surface area contributed by atoms with E-state index < -0.39 is 0 Å². The molecule has 2 rings (SSSR count). The van der Waals surface area contributed by atoms with E-state index in [1.54, 1.807) is 0 Å². The van der Waals surface area contributed by atoms with Crippen LogP contribution in [0.1, 0.15) is 37.3 Å². The lowest BCUT2D eigenvalue weighted by Crippen LogP contribution is -2.44. The largest absolute Gasteiger partial charge is 0.352 e. The Morgan fingerprint density at radius 1 is 1.19 bits per heavy atom. The SMILES string of the molecule is CC(CN1CCCCC1)NC(=O)Cc1ccc(CN)cc1. The highest BCUT2D eigenvalue weighted by Gasteiger charge is 2.15. The van der Waals surface area contributed by atoms with Crippen LogP contribution < -0.4 is 11.1 Å². The monoisotopic (exact) mass is 289 g/mol. The summed E-state index contributed by atoms with van der Waals surface area (Å²) in [5, 5.41) is 3.10. The van der Waals surface area contributed by atoms with Crippen LogP contribution in [0.2, 0.25) is 0 Å². The summed E-state index contributed by atoms with van der Waals surface area (Å²) in [6, 6.07) is 8.15. The van der Waals surface area contributed by atoms with Gasteiger partial charge in [-0.25, -0.2) is 0 Å². The molecule has 0 spiro atoms. The molecule has 1 aliphatic rings. The molecule has 1 heterocycles. The second kappa shape index (κ2) is 8.15. The van der Waals surface area contributed by atoms with Gasteiger partial charge in [-0.15, -0.1) is 0 Å². The number of nitrogens with zero attached hydrogens (tertiary/aromatic N) is 1. The van der Waals surface area contributed by atoms with Crippen LogP contribution in [0, 0.1) is 0 Å². The molecule has 1 aromatic carbocycles. The number of hydrogen-bond acceptors (Lipinski definition) is 3. The highest BCUT2D eigenvalue weighted by atomic mass is 16.1. The number of benzene rings is 1. The average Bonchev–Trinajstić information content (AvgIpc) is 2.48. The second-order valence-electron chi connectivity index (χ2n) is 6.03. The molecule has 0 radical (unpaired) electrons. The van der Waals surface area contributed by atoms with Crippen molar-refractivity contribution < 1.29 is 4.79 Å². The summed E-state index contributed by atoms with van der Waals surface area (Å²) in [6.45, 7) is 5.92. The number of hydrogen-bond donors (Lipinski definition) is 2. The van der Waals surface area contributed by atoms with Crippen molar-refractivity contribution in [3.05, 3.63) is 35.4 Å². The van der Waals surface area contributed by atoms with E-state index in [9.17, 15) is 4.79 Å². The molecule has 21 heavy (non-hydrogen) atoms. The van der Waals surface area contributed by atoms with Crippen molar-refractivity contribution in [2.24, 2.45) is 5.73 Å². The fraction of sp³-hybridized carbons (Fsp3) is 0.588. The van der Waals surface area contributed by atoms with Crippen LogP contribution >= 0.6 is 0 Å². The van der Waals surface area contributed by atoms with Crippen LogP contribution in [0.5, 0.6) is 0 Å². The summed E-state index contributed by atoms with van der Waals surface area (Å²) in [6.07, 6.45) is 4.35. The number of carbonyl (C=O) groups excluding carboxylic acids is 1. The van der Waals surface area contributed by atoms with Crippen molar-refractivity contribution in [1.29, 1.82) is 0 Å². The Kier molecular flexibility index (Phi) is 6.21. The van der Waals surface area contributed by atoms with Crippen LogP contribution in [0.3, 0.4) is 0 Å². The number of nitrogens with one attached hydrogen (secondary N) is 1. The number of piperidine rings is 1. The zero-order valence-corrected chi connectivity index (χ0v) is 13.0. The molecule has 1 saturated heterocycles. The normalized spacial score (nSPS) is 17.4. The van der Waals surface area contributed by atoms with Gasteiger partial charge in [0.05, 0.1) is 6.42 Å². The number of amides is 1. The maximum absolute atomic E-state index is 12.1. The summed E-state index contributed by atoms with van der Waals surface area (Å²) in [5.41, 5.74) is 7.70. The molecule has 0 aromatic heterocycles. The zero-order chi connectivity index (χ0) is 15.1. The van der Waals surface area contributed by atoms with Gasteiger partial charge in [-0.05, 0) is 44.0 Å². The van der Waals surface area contributed by atoms with Crippen molar-refractivity contribution in [3.63, 3.8) is 0 Å². The van der Waals surface area contributed by atoms with Crippen molar-refractivity contribution in [2.75, 3.05) is 19.6 Å². The van der Waals surface area contributed by atoms with E-state index in [1.807, 2.05) is 24.3 Å². The van der Waals surface area contributed by atoms with Crippen LogP contribution in [0.4, 0.5) is 0 Å². The molecule has 1 unspecified atom stereocenters. The van der Waals surface area contributed by atoms with Gasteiger partial charge in [0.1, 0.15) is 0 Å². The number of rotatable bonds is 6. The van der Waals surface area contributed by atoms with Crippen LogP contribution in [0.15, 0.2) is 24.3 Å². The lowest BCUT2D eigenvalue weighted by molar-refractivity contribution is -0.121. The molecule has 116 valence electrons. The van der Waals surface area contributed by atoms with E-state index in [1.165, 1.54) is 32.4 Å². The first-order chi connectivity index (χ1) is 10.2. The van der Waals surface area contributed by atoms with Gasteiger partial charge in [-0.2, -0.15) is 0 Å². The Bertz CT molecular complexity index is 438. The minimum atomic E-state index is 0.0972. The average molecular weight is 289 g/mol. The van der Waals surface area contributed by atoms with E-state index in [4.69, 9.17) is 5.73 Å².